The lowest BCUT2D eigenvalue weighted by Crippen LogP contribution is -2.40. The third kappa shape index (κ3) is 3.95. The lowest BCUT2D eigenvalue weighted by atomic mass is 9.98. The lowest BCUT2D eigenvalue weighted by Gasteiger charge is -2.36. The Bertz CT molecular complexity index is 386. The van der Waals surface area contributed by atoms with Crippen molar-refractivity contribution in [2.24, 2.45) is 5.73 Å². The summed E-state index contributed by atoms with van der Waals surface area (Å²) < 4.78 is 0. The quantitative estimate of drug-likeness (QED) is 0.863. The Morgan fingerprint density at radius 3 is 2.85 bits per heavy atom. The number of rotatable bonds is 6. The van der Waals surface area contributed by atoms with Crippen molar-refractivity contribution in [1.82, 2.24) is 4.98 Å². The minimum Gasteiger partial charge on any atom is -0.354 e. The van der Waals surface area contributed by atoms with Gasteiger partial charge in [-0.3, -0.25) is 0 Å². The van der Waals surface area contributed by atoms with Crippen LogP contribution in [0.25, 0.3) is 0 Å². The smallest absolute Gasteiger partial charge is 0.128 e. The molecule has 2 atom stereocenters. The van der Waals surface area contributed by atoms with Gasteiger partial charge < -0.3 is 10.6 Å². The molecule has 2 heterocycles. The van der Waals surface area contributed by atoms with Gasteiger partial charge in [-0.2, -0.15) is 0 Å². The minimum absolute atomic E-state index is 0.255. The summed E-state index contributed by atoms with van der Waals surface area (Å²) in [6, 6.07) is 5.33. The van der Waals surface area contributed by atoms with Crippen molar-refractivity contribution in [2.45, 2.75) is 70.9 Å². The molecule has 3 nitrogen and oxygen atoms in total. The Hall–Kier alpha value is -1.09. The highest BCUT2D eigenvalue weighted by atomic mass is 15.2. The van der Waals surface area contributed by atoms with E-state index in [2.05, 4.69) is 30.9 Å². The van der Waals surface area contributed by atoms with Crippen LogP contribution in [0.5, 0.6) is 0 Å². The Labute approximate surface area is 123 Å². The van der Waals surface area contributed by atoms with E-state index in [1.165, 1.54) is 37.7 Å². The second-order valence-corrected chi connectivity index (χ2v) is 6.03. The molecule has 2 N–H and O–H groups in total. The maximum Gasteiger partial charge on any atom is 0.128 e. The summed E-state index contributed by atoms with van der Waals surface area (Å²) in [6.45, 7) is 5.57. The molecule has 2 unspecified atom stereocenters. The lowest BCUT2D eigenvalue weighted by molar-refractivity contribution is 0.432. The van der Waals surface area contributed by atoms with Crippen LogP contribution in [-0.4, -0.2) is 23.6 Å². The van der Waals surface area contributed by atoms with Crippen molar-refractivity contribution in [3.05, 3.63) is 23.9 Å². The Morgan fingerprint density at radius 2 is 2.20 bits per heavy atom. The normalized spacial score (nSPS) is 20.9. The molecule has 0 radical (unpaired) electrons. The van der Waals surface area contributed by atoms with E-state index in [0.29, 0.717) is 6.04 Å². The van der Waals surface area contributed by atoms with E-state index in [0.717, 1.165) is 25.2 Å². The molecule has 0 spiro atoms. The first-order valence-electron chi connectivity index (χ1n) is 8.21. The summed E-state index contributed by atoms with van der Waals surface area (Å²) in [6.07, 6.45) is 10.5. The first-order chi connectivity index (χ1) is 9.74. The van der Waals surface area contributed by atoms with Crippen molar-refractivity contribution >= 4 is 5.82 Å². The van der Waals surface area contributed by atoms with Gasteiger partial charge in [-0.15, -0.1) is 0 Å². The van der Waals surface area contributed by atoms with Gasteiger partial charge in [-0.05, 0) is 50.2 Å². The number of hydrogen-bond donors (Lipinski definition) is 1. The molecular weight excluding hydrogens is 246 g/mol. The predicted molar refractivity (Wildman–Crippen MR) is 86.1 cm³/mol. The molecular formula is C17H29N3. The fourth-order valence-electron chi connectivity index (χ4n) is 3.09. The predicted octanol–water partition coefficient (Wildman–Crippen LogP) is 3.52. The van der Waals surface area contributed by atoms with Crippen LogP contribution in [0.3, 0.4) is 0 Å². The van der Waals surface area contributed by atoms with Crippen LogP contribution in [0.4, 0.5) is 5.82 Å². The zero-order valence-electron chi connectivity index (χ0n) is 13.0. The highest BCUT2D eigenvalue weighted by Gasteiger charge is 2.22. The van der Waals surface area contributed by atoms with Crippen LogP contribution < -0.4 is 10.6 Å². The van der Waals surface area contributed by atoms with Crippen LogP contribution in [0.15, 0.2) is 18.3 Å². The largest absolute Gasteiger partial charge is 0.354 e. The van der Waals surface area contributed by atoms with Crippen LogP contribution in [0, 0.1) is 0 Å². The Kier molecular flexibility index (Phi) is 5.84. The van der Waals surface area contributed by atoms with E-state index in [-0.39, 0.29) is 6.04 Å². The van der Waals surface area contributed by atoms with Gasteiger partial charge in [0.25, 0.3) is 0 Å². The van der Waals surface area contributed by atoms with E-state index in [4.69, 9.17) is 10.7 Å². The number of hydrogen-bond acceptors (Lipinski definition) is 3. The number of nitrogens with zero attached hydrogens (tertiary/aromatic N) is 2. The molecule has 2 rings (SSSR count). The molecule has 0 amide bonds. The molecule has 0 saturated carbocycles. The highest BCUT2D eigenvalue weighted by molar-refractivity contribution is 5.41. The van der Waals surface area contributed by atoms with Gasteiger partial charge in [-0.25, -0.2) is 4.98 Å². The molecule has 1 aromatic rings. The van der Waals surface area contributed by atoms with E-state index < -0.39 is 0 Å². The minimum atomic E-state index is 0.255. The average molecular weight is 275 g/mol. The topological polar surface area (TPSA) is 42.1 Å². The van der Waals surface area contributed by atoms with Gasteiger partial charge in [0, 0.05) is 24.8 Å². The second-order valence-electron chi connectivity index (χ2n) is 6.03. The monoisotopic (exact) mass is 275 g/mol. The third-order valence-corrected chi connectivity index (χ3v) is 4.37. The van der Waals surface area contributed by atoms with Crippen molar-refractivity contribution in [1.29, 1.82) is 0 Å². The first-order valence-corrected chi connectivity index (χ1v) is 8.21. The third-order valence-electron chi connectivity index (χ3n) is 4.37. The SMILES string of the molecule is CCCC1CCCCN1c1ccc(CC(N)CC)cn1. The number of pyridine rings is 1. The highest BCUT2D eigenvalue weighted by Crippen LogP contribution is 2.26. The molecule has 1 aliphatic rings. The van der Waals surface area contributed by atoms with E-state index in [9.17, 15) is 0 Å². The second kappa shape index (κ2) is 7.63. The maximum atomic E-state index is 6.01. The summed E-state index contributed by atoms with van der Waals surface area (Å²) in [7, 11) is 0. The van der Waals surface area contributed by atoms with Crippen molar-refractivity contribution in [2.75, 3.05) is 11.4 Å². The van der Waals surface area contributed by atoms with Gasteiger partial charge in [0.1, 0.15) is 5.82 Å². The van der Waals surface area contributed by atoms with Crippen molar-refractivity contribution in [3.63, 3.8) is 0 Å². The molecule has 1 aromatic heterocycles. The van der Waals surface area contributed by atoms with E-state index in [1.807, 2.05) is 6.20 Å². The number of anilines is 1. The van der Waals surface area contributed by atoms with Gasteiger partial charge in [-0.1, -0.05) is 26.3 Å². The van der Waals surface area contributed by atoms with Gasteiger partial charge in [0.15, 0.2) is 0 Å². The number of piperidine rings is 1. The first kappa shape index (κ1) is 15.3. The van der Waals surface area contributed by atoms with E-state index >= 15 is 0 Å². The summed E-state index contributed by atoms with van der Waals surface area (Å²) >= 11 is 0. The molecule has 20 heavy (non-hydrogen) atoms. The van der Waals surface area contributed by atoms with E-state index in [1.54, 1.807) is 0 Å². The molecule has 1 aliphatic heterocycles. The molecule has 1 fully saturated rings. The molecule has 0 aliphatic carbocycles. The van der Waals surface area contributed by atoms with Crippen LogP contribution >= 0.6 is 0 Å². The van der Waals surface area contributed by atoms with Gasteiger partial charge >= 0.3 is 0 Å². The van der Waals surface area contributed by atoms with Crippen LogP contribution in [0.1, 0.15) is 57.9 Å². The molecule has 0 bridgehead atoms. The summed E-state index contributed by atoms with van der Waals surface area (Å²) in [5.74, 6) is 1.15. The van der Waals surface area contributed by atoms with Crippen LogP contribution in [-0.2, 0) is 6.42 Å². The Morgan fingerprint density at radius 1 is 1.35 bits per heavy atom. The summed E-state index contributed by atoms with van der Waals surface area (Å²) in [5, 5.41) is 0. The van der Waals surface area contributed by atoms with Gasteiger partial charge in [0.05, 0.1) is 0 Å². The number of aromatic nitrogens is 1. The van der Waals surface area contributed by atoms with Gasteiger partial charge in [0.2, 0.25) is 0 Å². The van der Waals surface area contributed by atoms with Crippen LogP contribution in [0.2, 0.25) is 0 Å². The Balaban J connectivity index is 2.03. The standard InChI is InChI=1S/C17H29N3/c1-3-7-16-8-5-6-11-20(16)17-10-9-14(13-19-17)12-15(18)4-2/h9-10,13,15-16H,3-8,11-12,18H2,1-2H3. The van der Waals surface area contributed by atoms with Crippen molar-refractivity contribution in [3.8, 4) is 0 Å². The molecule has 3 heteroatoms. The summed E-state index contributed by atoms with van der Waals surface area (Å²) in [5.41, 5.74) is 7.27. The fraction of sp³-hybridized carbons (Fsp3) is 0.706. The fourth-order valence-corrected chi connectivity index (χ4v) is 3.09. The molecule has 112 valence electrons. The summed E-state index contributed by atoms with van der Waals surface area (Å²) in [4.78, 5) is 7.20. The zero-order valence-corrected chi connectivity index (χ0v) is 13.0. The zero-order chi connectivity index (χ0) is 14.4. The molecule has 1 saturated heterocycles. The average Bonchev–Trinajstić information content (AvgIpc) is 2.49. The van der Waals surface area contributed by atoms with Crippen molar-refractivity contribution < 1.29 is 0 Å². The number of nitrogens with two attached hydrogens (primary N) is 1. The molecule has 0 aromatic carbocycles. The maximum absolute atomic E-state index is 6.01.